The number of rotatable bonds is 8. The van der Waals surface area contributed by atoms with Crippen molar-refractivity contribution in [3.05, 3.63) is 102 Å². The van der Waals surface area contributed by atoms with Crippen LogP contribution < -0.4 is 24.4 Å². The van der Waals surface area contributed by atoms with Crippen molar-refractivity contribution in [1.82, 2.24) is 4.57 Å². The number of thiazole rings is 1. The van der Waals surface area contributed by atoms with Crippen molar-refractivity contribution < 1.29 is 33.0 Å². The number of hydrogen-bond donors (Lipinski definition) is 0. The first-order chi connectivity index (χ1) is 20.3. The molecule has 0 bridgehead atoms. The predicted octanol–water partition coefficient (Wildman–Crippen LogP) is 3.86. The lowest BCUT2D eigenvalue weighted by Crippen LogP contribution is -2.39. The Morgan fingerprint density at radius 3 is 2.50 bits per heavy atom. The molecule has 42 heavy (non-hydrogen) atoms. The number of hydrogen-bond acceptors (Lipinski definition) is 10. The third-order valence-electron chi connectivity index (χ3n) is 6.74. The fraction of sp³-hybridized carbons (Fsp3) is 0.226. The van der Waals surface area contributed by atoms with Crippen LogP contribution in [-0.2, 0) is 14.3 Å². The molecule has 11 heteroatoms. The first-order valence-electron chi connectivity index (χ1n) is 13.0. The third kappa shape index (κ3) is 5.14. The van der Waals surface area contributed by atoms with Crippen molar-refractivity contribution in [1.29, 1.82) is 0 Å². The van der Waals surface area contributed by atoms with E-state index in [4.69, 9.17) is 23.4 Å². The second kappa shape index (κ2) is 11.9. The van der Waals surface area contributed by atoms with E-state index >= 15 is 0 Å². The van der Waals surface area contributed by atoms with E-state index in [-0.39, 0.29) is 17.7 Å². The molecule has 0 N–H and O–H groups in total. The van der Waals surface area contributed by atoms with Gasteiger partial charge in [-0.15, -0.1) is 0 Å². The molecule has 0 fully saturated rings. The average molecular weight is 589 g/mol. The molecular formula is C31H28N2O8S. The maximum atomic E-state index is 13.9. The van der Waals surface area contributed by atoms with Crippen molar-refractivity contribution in [2.24, 2.45) is 4.99 Å². The molecule has 2 aromatic carbocycles. The van der Waals surface area contributed by atoms with Crippen molar-refractivity contribution in [3.63, 3.8) is 0 Å². The van der Waals surface area contributed by atoms with Gasteiger partial charge in [0.2, 0.25) is 0 Å². The lowest BCUT2D eigenvalue weighted by molar-refractivity contribution is -0.139. The maximum absolute atomic E-state index is 13.9. The van der Waals surface area contributed by atoms with Crippen molar-refractivity contribution >= 4 is 29.4 Å². The lowest BCUT2D eigenvalue weighted by atomic mass is 9.95. The molecule has 0 amide bonds. The minimum Gasteiger partial charge on any atom is -0.493 e. The molecule has 2 aromatic heterocycles. The Balaban J connectivity index is 1.65. The summed E-state index contributed by atoms with van der Waals surface area (Å²) in [6.45, 7) is 3.60. The lowest BCUT2D eigenvalue weighted by Gasteiger charge is -2.25. The summed E-state index contributed by atoms with van der Waals surface area (Å²) < 4.78 is 29.0. The highest BCUT2D eigenvalue weighted by Gasteiger charge is 2.34. The van der Waals surface area contributed by atoms with E-state index in [2.05, 4.69) is 4.99 Å². The topological polar surface area (TPSA) is 119 Å². The van der Waals surface area contributed by atoms with Crippen LogP contribution in [0, 0.1) is 0 Å². The summed E-state index contributed by atoms with van der Waals surface area (Å²) >= 11 is 1.17. The molecule has 1 atom stereocenters. The summed E-state index contributed by atoms with van der Waals surface area (Å²) in [6, 6.07) is 14.8. The Bertz CT molecular complexity index is 1900. The quantitative estimate of drug-likeness (QED) is 0.285. The van der Waals surface area contributed by atoms with Crippen LogP contribution in [0.2, 0.25) is 0 Å². The van der Waals surface area contributed by atoms with E-state index in [1.54, 1.807) is 74.5 Å². The summed E-state index contributed by atoms with van der Waals surface area (Å²) in [6.07, 6.45) is 1.61. The van der Waals surface area contributed by atoms with Gasteiger partial charge in [-0.05, 0) is 49.7 Å². The highest BCUT2D eigenvalue weighted by atomic mass is 32.1. The number of allylic oxidation sites excluding steroid dienone is 1. The van der Waals surface area contributed by atoms with Crippen LogP contribution in [0.25, 0.3) is 17.4 Å². The largest absolute Gasteiger partial charge is 0.493 e. The van der Waals surface area contributed by atoms with Crippen LogP contribution in [0.15, 0.2) is 80.1 Å². The number of fused-ring (bicyclic) bond motifs is 1. The van der Waals surface area contributed by atoms with Gasteiger partial charge < -0.3 is 23.4 Å². The Hall–Kier alpha value is -4.90. The van der Waals surface area contributed by atoms with E-state index in [1.165, 1.54) is 37.2 Å². The van der Waals surface area contributed by atoms with Gasteiger partial charge in [0.05, 0.1) is 55.3 Å². The molecule has 5 rings (SSSR count). The molecule has 0 saturated carbocycles. The van der Waals surface area contributed by atoms with E-state index in [1.807, 2.05) is 0 Å². The fourth-order valence-electron chi connectivity index (χ4n) is 4.82. The molecule has 10 nitrogen and oxygen atoms in total. The minimum atomic E-state index is -0.818. The minimum absolute atomic E-state index is 0.165. The molecule has 0 saturated heterocycles. The molecule has 4 aromatic rings. The SMILES string of the molecule is CCOC(=O)C1=C(C)N=c2s/c(=C/c3ccc(-c4ccccc4C(=O)OC)o3)c(=O)n2[C@H]1c1ccc(OC)c(OC)c1. The Morgan fingerprint density at radius 1 is 1.02 bits per heavy atom. The summed E-state index contributed by atoms with van der Waals surface area (Å²) in [4.78, 5) is 44.3. The number of carbonyl (C=O) groups excluding carboxylic acids is 2. The normalized spacial score (nSPS) is 14.7. The van der Waals surface area contributed by atoms with Crippen LogP contribution >= 0.6 is 11.3 Å². The standard InChI is InChI=1S/C31H28N2O8S/c1-6-40-30(36)26-17(2)32-31-33(27(26)18-11-13-23(37-3)24(15-18)38-4)28(34)25(42-31)16-19-12-14-22(41-19)20-9-7-8-10-21(20)29(35)39-5/h7-16,27H,6H2,1-5H3/b25-16+/t27-/m0/s1. The predicted molar refractivity (Wildman–Crippen MR) is 155 cm³/mol. The highest BCUT2D eigenvalue weighted by molar-refractivity contribution is 7.07. The molecule has 0 radical (unpaired) electrons. The zero-order valence-electron chi connectivity index (χ0n) is 23.6. The number of furan rings is 1. The molecule has 1 aliphatic rings. The van der Waals surface area contributed by atoms with E-state index < -0.39 is 18.0 Å². The first kappa shape index (κ1) is 28.6. The zero-order chi connectivity index (χ0) is 30.0. The first-order valence-corrected chi connectivity index (χ1v) is 13.8. The van der Waals surface area contributed by atoms with Gasteiger partial charge in [0, 0.05) is 11.6 Å². The fourth-order valence-corrected chi connectivity index (χ4v) is 5.85. The second-order valence-corrected chi connectivity index (χ2v) is 10.2. The zero-order valence-corrected chi connectivity index (χ0v) is 24.4. The summed E-state index contributed by atoms with van der Waals surface area (Å²) in [7, 11) is 4.36. The van der Waals surface area contributed by atoms with Crippen molar-refractivity contribution in [2.45, 2.75) is 19.9 Å². The molecule has 0 aliphatic carbocycles. The second-order valence-electron chi connectivity index (χ2n) is 9.16. The van der Waals surface area contributed by atoms with Crippen LogP contribution in [-0.4, -0.2) is 44.4 Å². The van der Waals surface area contributed by atoms with Gasteiger partial charge in [0.25, 0.3) is 5.56 Å². The maximum Gasteiger partial charge on any atom is 0.338 e. The number of benzene rings is 2. The van der Waals surface area contributed by atoms with Gasteiger partial charge in [0.1, 0.15) is 11.5 Å². The smallest absolute Gasteiger partial charge is 0.338 e. The van der Waals surface area contributed by atoms with Crippen molar-refractivity contribution in [3.8, 4) is 22.8 Å². The van der Waals surface area contributed by atoms with E-state index in [9.17, 15) is 14.4 Å². The Kier molecular flexibility index (Phi) is 8.12. The van der Waals surface area contributed by atoms with Gasteiger partial charge in [-0.25, -0.2) is 14.6 Å². The van der Waals surface area contributed by atoms with Gasteiger partial charge in [-0.2, -0.15) is 0 Å². The molecular weight excluding hydrogens is 560 g/mol. The molecule has 0 spiro atoms. The van der Waals surface area contributed by atoms with Crippen LogP contribution in [0.3, 0.4) is 0 Å². The van der Waals surface area contributed by atoms with Gasteiger partial charge >= 0.3 is 11.9 Å². The monoisotopic (exact) mass is 588 g/mol. The summed E-state index contributed by atoms with van der Waals surface area (Å²) in [5.41, 5.74) is 1.88. The molecule has 216 valence electrons. The molecule has 1 aliphatic heterocycles. The van der Waals surface area contributed by atoms with E-state index in [0.29, 0.717) is 54.7 Å². The Morgan fingerprint density at radius 2 is 1.79 bits per heavy atom. The van der Waals surface area contributed by atoms with Gasteiger partial charge in [0.15, 0.2) is 16.3 Å². The molecule has 3 heterocycles. The number of methoxy groups -OCH3 is 3. The van der Waals surface area contributed by atoms with Crippen molar-refractivity contribution in [2.75, 3.05) is 27.9 Å². The number of esters is 2. The summed E-state index contributed by atoms with van der Waals surface area (Å²) in [5, 5.41) is 0. The van der Waals surface area contributed by atoms with Gasteiger partial charge in [-0.3, -0.25) is 9.36 Å². The highest BCUT2D eigenvalue weighted by Crippen LogP contribution is 2.36. The molecule has 0 unspecified atom stereocenters. The van der Waals surface area contributed by atoms with Crippen LogP contribution in [0.4, 0.5) is 0 Å². The summed E-state index contributed by atoms with van der Waals surface area (Å²) in [5.74, 6) is 0.755. The van der Waals surface area contributed by atoms with Gasteiger partial charge in [-0.1, -0.05) is 35.6 Å². The number of ether oxygens (including phenoxy) is 4. The van der Waals surface area contributed by atoms with Crippen LogP contribution in [0.5, 0.6) is 11.5 Å². The average Bonchev–Trinajstić information content (AvgIpc) is 3.59. The third-order valence-corrected chi connectivity index (χ3v) is 7.72. The number of nitrogens with zero attached hydrogens (tertiary/aromatic N) is 2. The van der Waals surface area contributed by atoms with E-state index in [0.717, 1.165) is 0 Å². The number of carbonyl (C=O) groups is 2. The van der Waals surface area contributed by atoms with Crippen LogP contribution in [0.1, 0.15) is 41.6 Å². The number of aromatic nitrogens is 1. The Labute approximate surface area is 244 Å².